The summed E-state index contributed by atoms with van der Waals surface area (Å²) in [6.07, 6.45) is 2.60. The first-order valence-corrected chi connectivity index (χ1v) is 10.4. The summed E-state index contributed by atoms with van der Waals surface area (Å²) in [7, 11) is 0. The number of rotatable bonds is 11. The number of hydrogen-bond donors (Lipinski definition) is 5. The van der Waals surface area contributed by atoms with E-state index in [2.05, 4.69) is 17.2 Å². The van der Waals surface area contributed by atoms with E-state index in [0.29, 0.717) is 37.9 Å². The van der Waals surface area contributed by atoms with Crippen LogP contribution in [0.15, 0.2) is 12.3 Å². The summed E-state index contributed by atoms with van der Waals surface area (Å²) in [5, 5.41) is 33.2. The highest BCUT2D eigenvalue weighted by atomic mass is 16.6. The quantitative estimate of drug-likeness (QED) is 0.136. The minimum Gasteiger partial charge on any atom is -0.394 e. The van der Waals surface area contributed by atoms with Crippen molar-refractivity contribution >= 4 is 11.7 Å². The van der Waals surface area contributed by atoms with E-state index in [9.17, 15) is 25.1 Å². The largest absolute Gasteiger partial charge is 0.394 e. The SMILES string of the molecule is NCCCC[C@H](N)C(=O)NCCCC#Cc1cc([N+](=O)[O-])n([C@H]2C[C@H](O)[C@@H](CO)O2)c1. The van der Waals surface area contributed by atoms with Crippen molar-refractivity contribution in [1.82, 2.24) is 9.88 Å². The molecule has 2 rings (SSSR count). The predicted molar refractivity (Wildman–Crippen MR) is 113 cm³/mol. The lowest BCUT2D eigenvalue weighted by Crippen LogP contribution is -2.40. The molecule has 0 bridgehead atoms. The van der Waals surface area contributed by atoms with Crippen molar-refractivity contribution in [2.45, 2.75) is 63.0 Å². The van der Waals surface area contributed by atoms with Gasteiger partial charge in [0, 0.05) is 19.4 Å². The Morgan fingerprint density at radius 3 is 2.87 bits per heavy atom. The standard InChI is InChI=1S/C20H31N5O6/c21-8-4-3-7-15(22)20(28)23-9-5-1-2-6-14-10-18(25(29)30)24(12-14)19-11-16(27)17(13-26)31-19/h10,12,15-17,19,26-27H,1,3-5,7-9,11,13,21-22H2,(H,23,28)/t15-,16-,17+,19+/m0/s1. The second-order valence-electron chi connectivity index (χ2n) is 7.45. The molecule has 11 heteroatoms. The highest BCUT2D eigenvalue weighted by Crippen LogP contribution is 2.33. The maximum absolute atomic E-state index is 11.9. The van der Waals surface area contributed by atoms with Crippen LogP contribution in [0.5, 0.6) is 0 Å². The second kappa shape index (κ2) is 12.4. The number of carbonyl (C=O) groups excluding carboxylic acids is 1. The van der Waals surface area contributed by atoms with Gasteiger partial charge in [0.2, 0.25) is 12.1 Å². The molecule has 0 radical (unpaired) electrons. The fourth-order valence-corrected chi connectivity index (χ4v) is 3.29. The Bertz CT molecular complexity index is 802. The van der Waals surface area contributed by atoms with Gasteiger partial charge >= 0.3 is 5.82 Å². The van der Waals surface area contributed by atoms with Crippen molar-refractivity contribution in [2.75, 3.05) is 19.7 Å². The van der Waals surface area contributed by atoms with Gasteiger partial charge < -0.3 is 41.8 Å². The molecule has 1 aromatic heterocycles. The fraction of sp³-hybridized carbons (Fsp3) is 0.650. The van der Waals surface area contributed by atoms with Crippen molar-refractivity contribution < 1.29 is 24.7 Å². The van der Waals surface area contributed by atoms with Crippen LogP contribution in [0, 0.1) is 22.0 Å². The number of hydrogen-bond acceptors (Lipinski definition) is 8. The summed E-state index contributed by atoms with van der Waals surface area (Å²) in [6.45, 7) is 0.655. The van der Waals surface area contributed by atoms with Crippen molar-refractivity contribution in [3.05, 3.63) is 27.9 Å². The van der Waals surface area contributed by atoms with Gasteiger partial charge in [-0.15, -0.1) is 0 Å². The zero-order valence-electron chi connectivity index (χ0n) is 17.4. The number of aliphatic hydroxyl groups is 2. The summed E-state index contributed by atoms with van der Waals surface area (Å²) < 4.78 is 6.81. The van der Waals surface area contributed by atoms with E-state index in [1.807, 2.05) is 0 Å². The van der Waals surface area contributed by atoms with Gasteiger partial charge in [-0.25, -0.2) is 4.57 Å². The van der Waals surface area contributed by atoms with Crippen LogP contribution in [-0.2, 0) is 9.53 Å². The molecule has 0 saturated carbocycles. The predicted octanol–water partition coefficient (Wildman–Crippen LogP) is -0.259. The third-order valence-corrected chi connectivity index (χ3v) is 5.03. The first-order chi connectivity index (χ1) is 14.9. The van der Waals surface area contributed by atoms with Crippen molar-refractivity contribution in [1.29, 1.82) is 0 Å². The number of aromatic nitrogens is 1. The van der Waals surface area contributed by atoms with E-state index < -0.39 is 29.4 Å². The molecule has 1 fully saturated rings. The Labute approximate surface area is 180 Å². The lowest BCUT2D eigenvalue weighted by atomic mass is 10.1. The number of nitro groups is 1. The smallest absolute Gasteiger partial charge is 0.326 e. The van der Waals surface area contributed by atoms with Crippen LogP contribution in [0.3, 0.4) is 0 Å². The van der Waals surface area contributed by atoms with Crippen LogP contribution in [0.25, 0.3) is 0 Å². The minimum absolute atomic E-state index is 0.141. The third kappa shape index (κ3) is 7.30. The van der Waals surface area contributed by atoms with Crippen molar-refractivity contribution in [3.8, 4) is 11.8 Å². The van der Waals surface area contributed by atoms with Gasteiger partial charge in [0.25, 0.3) is 0 Å². The van der Waals surface area contributed by atoms with Gasteiger partial charge in [0.05, 0.1) is 30.4 Å². The molecular formula is C20H31N5O6. The number of ether oxygens (including phenoxy) is 1. The topological polar surface area (TPSA) is 179 Å². The molecule has 2 heterocycles. The normalized spacial score (nSPS) is 21.4. The summed E-state index contributed by atoms with van der Waals surface area (Å²) in [4.78, 5) is 22.7. The second-order valence-corrected chi connectivity index (χ2v) is 7.45. The van der Waals surface area contributed by atoms with E-state index in [4.69, 9.17) is 16.2 Å². The van der Waals surface area contributed by atoms with E-state index in [-0.39, 0.29) is 24.8 Å². The zero-order valence-corrected chi connectivity index (χ0v) is 17.4. The molecule has 11 nitrogen and oxygen atoms in total. The molecule has 7 N–H and O–H groups in total. The van der Waals surface area contributed by atoms with Gasteiger partial charge in [-0.3, -0.25) is 4.79 Å². The van der Waals surface area contributed by atoms with E-state index in [1.165, 1.54) is 16.8 Å². The van der Waals surface area contributed by atoms with Gasteiger partial charge in [0.1, 0.15) is 12.3 Å². The Balaban J connectivity index is 1.84. The van der Waals surface area contributed by atoms with Gasteiger partial charge in [-0.05, 0) is 30.7 Å². The van der Waals surface area contributed by atoms with E-state index in [0.717, 1.165) is 12.8 Å². The number of unbranched alkanes of at least 4 members (excludes halogenated alkanes) is 2. The number of carbonyl (C=O) groups is 1. The molecule has 4 atom stereocenters. The maximum atomic E-state index is 11.9. The molecule has 1 aliphatic heterocycles. The summed E-state index contributed by atoms with van der Waals surface area (Å²) in [6, 6.07) is 0.802. The third-order valence-electron chi connectivity index (χ3n) is 5.03. The molecule has 1 aromatic rings. The highest BCUT2D eigenvalue weighted by molar-refractivity contribution is 5.81. The molecule has 0 spiro atoms. The molecule has 1 aliphatic rings. The molecule has 0 aromatic carbocycles. The number of nitrogens with two attached hydrogens (primary N) is 2. The van der Waals surface area contributed by atoms with Crippen LogP contribution in [0.2, 0.25) is 0 Å². The summed E-state index contributed by atoms with van der Waals surface area (Å²) in [5.74, 6) is 5.41. The molecule has 172 valence electrons. The molecule has 0 aliphatic carbocycles. The van der Waals surface area contributed by atoms with Crippen molar-refractivity contribution in [3.63, 3.8) is 0 Å². The monoisotopic (exact) mass is 437 g/mol. The highest BCUT2D eigenvalue weighted by Gasteiger charge is 2.39. The molecule has 31 heavy (non-hydrogen) atoms. The van der Waals surface area contributed by atoms with Gasteiger partial charge in [-0.2, -0.15) is 0 Å². The van der Waals surface area contributed by atoms with Crippen LogP contribution in [-0.4, -0.2) is 63.6 Å². The average molecular weight is 437 g/mol. The Morgan fingerprint density at radius 1 is 1.45 bits per heavy atom. The summed E-state index contributed by atoms with van der Waals surface area (Å²) >= 11 is 0. The van der Waals surface area contributed by atoms with E-state index in [1.54, 1.807) is 0 Å². The Hall–Kier alpha value is -2.49. The lowest BCUT2D eigenvalue weighted by Gasteiger charge is -2.11. The van der Waals surface area contributed by atoms with Crippen LogP contribution in [0.1, 0.15) is 50.3 Å². The van der Waals surface area contributed by atoms with E-state index >= 15 is 0 Å². The van der Waals surface area contributed by atoms with Crippen molar-refractivity contribution in [2.24, 2.45) is 11.5 Å². The van der Waals surface area contributed by atoms with Crippen LogP contribution < -0.4 is 16.8 Å². The number of nitrogens with zero attached hydrogens (tertiary/aromatic N) is 2. The zero-order chi connectivity index (χ0) is 22.8. The minimum atomic E-state index is -0.893. The Morgan fingerprint density at radius 2 is 2.23 bits per heavy atom. The molecular weight excluding hydrogens is 406 g/mol. The fourth-order valence-electron chi connectivity index (χ4n) is 3.29. The molecule has 1 saturated heterocycles. The van der Waals surface area contributed by atoms with Crippen LogP contribution >= 0.6 is 0 Å². The van der Waals surface area contributed by atoms with Gasteiger partial charge in [-0.1, -0.05) is 18.3 Å². The lowest BCUT2D eigenvalue weighted by molar-refractivity contribution is -0.393. The first kappa shape index (κ1) is 24.8. The summed E-state index contributed by atoms with van der Waals surface area (Å²) in [5.41, 5.74) is 11.7. The number of nitrogens with one attached hydrogen (secondary N) is 1. The number of aliphatic hydroxyl groups excluding tert-OH is 2. The van der Waals surface area contributed by atoms with Crippen LogP contribution in [0.4, 0.5) is 5.82 Å². The first-order valence-electron chi connectivity index (χ1n) is 10.4. The number of amides is 1. The average Bonchev–Trinajstić information content (AvgIpc) is 3.33. The maximum Gasteiger partial charge on any atom is 0.326 e. The molecule has 0 unspecified atom stereocenters. The Kier molecular flexibility index (Phi) is 9.90. The van der Waals surface area contributed by atoms with Gasteiger partial charge in [0.15, 0.2) is 0 Å². The molecule has 1 amide bonds.